The van der Waals surface area contributed by atoms with Crippen molar-refractivity contribution < 1.29 is 9.84 Å². The number of aryl methyl sites for hydroxylation is 2. The zero-order chi connectivity index (χ0) is 12.7. The van der Waals surface area contributed by atoms with E-state index in [0.717, 1.165) is 31.0 Å². The normalized spacial score (nSPS) is 10.8. The first-order valence-corrected chi connectivity index (χ1v) is 5.96. The molecule has 0 atom stereocenters. The van der Waals surface area contributed by atoms with E-state index >= 15 is 0 Å². The van der Waals surface area contributed by atoms with Gasteiger partial charge < -0.3 is 20.9 Å². The van der Waals surface area contributed by atoms with Crippen molar-refractivity contribution in [2.45, 2.75) is 26.8 Å². The quantitative estimate of drug-likeness (QED) is 0.581. The Morgan fingerprint density at radius 2 is 2.24 bits per heavy atom. The van der Waals surface area contributed by atoms with Crippen LogP contribution < -0.4 is 11.1 Å². The standard InChI is InChI=1S/C11H22N4O2/c1-3-15-11(10(12)9(2)14-15)13-5-4-7-17-8-6-16/h13,16H,3-8,12H2,1-2H3. The molecule has 0 aliphatic heterocycles. The van der Waals surface area contributed by atoms with Crippen LogP contribution in [-0.2, 0) is 11.3 Å². The van der Waals surface area contributed by atoms with Gasteiger partial charge in [-0.05, 0) is 20.3 Å². The Labute approximate surface area is 102 Å². The maximum atomic E-state index is 8.54. The minimum absolute atomic E-state index is 0.0716. The summed E-state index contributed by atoms with van der Waals surface area (Å²) >= 11 is 0. The molecule has 17 heavy (non-hydrogen) atoms. The SMILES string of the molecule is CCn1nc(C)c(N)c1NCCCOCCO. The fourth-order valence-corrected chi connectivity index (χ4v) is 1.56. The third-order valence-corrected chi connectivity index (χ3v) is 2.47. The Hall–Kier alpha value is -1.27. The van der Waals surface area contributed by atoms with E-state index < -0.39 is 0 Å². The zero-order valence-corrected chi connectivity index (χ0v) is 10.6. The van der Waals surface area contributed by atoms with E-state index in [0.29, 0.717) is 18.9 Å². The van der Waals surface area contributed by atoms with Gasteiger partial charge in [0.1, 0.15) is 5.82 Å². The van der Waals surface area contributed by atoms with Crippen molar-refractivity contribution in [2.75, 3.05) is 37.4 Å². The van der Waals surface area contributed by atoms with Gasteiger partial charge in [-0.3, -0.25) is 0 Å². The van der Waals surface area contributed by atoms with Gasteiger partial charge in [0.25, 0.3) is 0 Å². The molecule has 0 bridgehead atoms. The minimum Gasteiger partial charge on any atom is -0.394 e. The molecule has 0 unspecified atom stereocenters. The average Bonchev–Trinajstić information content (AvgIpc) is 2.60. The van der Waals surface area contributed by atoms with Gasteiger partial charge in [0.05, 0.1) is 24.6 Å². The Balaban J connectivity index is 2.35. The van der Waals surface area contributed by atoms with Gasteiger partial charge in [-0.2, -0.15) is 5.10 Å². The molecule has 0 saturated heterocycles. The summed E-state index contributed by atoms with van der Waals surface area (Å²) in [6.07, 6.45) is 0.868. The molecule has 0 aromatic carbocycles. The fraction of sp³-hybridized carbons (Fsp3) is 0.727. The minimum atomic E-state index is 0.0716. The molecule has 1 aromatic rings. The summed E-state index contributed by atoms with van der Waals surface area (Å²) in [5.74, 6) is 0.882. The maximum Gasteiger partial charge on any atom is 0.148 e. The summed E-state index contributed by atoms with van der Waals surface area (Å²) in [5.41, 5.74) is 7.50. The van der Waals surface area contributed by atoms with Crippen molar-refractivity contribution in [3.63, 3.8) is 0 Å². The Kier molecular flexibility index (Phi) is 5.79. The van der Waals surface area contributed by atoms with Crippen LogP contribution in [0.5, 0.6) is 0 Å². The van der Waals surface area contributed by atoms with Gasteiger partial charge in [0.2, 0.25) is 0 Å². The molecule has 98 valence electrons. The number of rotatable bonds is 8. The first-order chi connectivity index (χ1) is 8.20. The number of hydrogen-bond acceptors (Lipinski definition) is 5. The van der Waals surface area contributed by atoms with Crippen LogP contribution in [0, 0.1) is 6.92 Å². The molecule has 0 spiro atoms. The number of hydrogen-bond donors (Lipinski definition) is 3. The molecule has 6 nitrogen and oxygen atoms in total. The number of aliphatic hydroxyl groups is 1. The number of ether oxygens (including phenoxy) is 1. The second-order valence-corrected chi connectivity index (χ2v) is 3.78. The highest BCUT2D eigenvalue weighted by molar-refractivity contribution is 5.64. The van der Waals surface area contributed by atoms with E-state index in [2.05, 4.69) is 10.4 Å². The number of nitrogens with zero attached hydrogens (tertiary/aromatic N) is 2. The summed E-state index contributed by atoms with van der Waals surface area (Å²) in [4.78, 5) is 0. The van der Waals surface area contributed by atoms with Crippen LogP contribution in [0.4, 0.5) is 11.5 Å². The van der Waals surface area contributed by atoms with Crippen molar-refractivity contribution in [3.05, 3.63) is 5.69 Å². The van der Waals surface area contributed by atoms with Gasteiger partial charge in [-0.15, -0.1) is 0 Å². The summed E-state index contributed by atoms with van der Waals surface area (Å²) in [5, 5.41) is 16.1. The van der Waals surface area contributed by atoms with Crippen molar-refractivity contribution in [1.82, 2.24) is 9.78 Å². The second kappa shape index (κ2) is 7.13. The Morgan fingerprint density at radius 1 is 1.47 bits per heavy atom. The molecule has 0 fully saturated rings. The predicted octanol–water partition coefficient (Wildman–Crippen LogP) is 0.605. The first-order valence-electron chi connectivity index (χ1n) is 5.96. The van der Waals surface area contributed by atoms with Crippen LogP contribution in [0.3, 0.4) is 0 Å². The highest BCUT2D eigenvalue weighted by Gasteiger charge is 2.10. The molecule has 6 heteroatoms. The van der Waals surface area contributed by atoms with E-state index in [9.17, 15) is 0 Å². The molecule has 1 aromatic heterocycles. The largest absolute Gasteiger partial charge is 0.394 e. The summed E-state index contributed by atoms with van der Waals surface area (Å²) in [6, 6.07) is 0. The van der Waals surface area contributed by atoms with Crippen molar-refractivity contribution >= 4 is 11.5 Å². The van der Waals surface area contributed by atoms with Gasteiger partial charge in [0.15, 0.2) is 0 Å². The molecule has 0 radical (unpaired) electrons. The summed E-state index contributed by atoms with van der Waals surface area (Å²) < 4.78 is 7.03. The molecule has 0 amide bonds. The Morgan fingerprint density at radius 3 is 2.88 bits per heavy atom. The van der Waals surface area contributed by atoms with Crippen LogP contribution >= 0.6 is 0 Å². The number of nitrogens with one attached hydrogen (secondary N) is 1. The van der Waals surface area contributed by atoms with Gasteiger partial charge in [-0.1, -0.05) is 0 Å². The fourth-order valence-electron chi connectivity index (χ4n) is 1.56. The zero-order valence-electron chi connectivity index (χ0n) is 10.6. The van der Waals surface area contributed by atoms with Crippen molar-refractivity contribution in [2.24, 2.45) is 0 Å². The third-order valence-electron chi connectivity index (χ3n) is 2.47. The van der Waals surface area contributed by atoms with E-state index in [1.807, 2.05) is 18.5 Å². The highest BCUT2D eigenvalue weighted by atomic mass is 16.5. The molecule has 4 N–H and O–H groups in total. The lowest BCUT2D eigenvalue weighted by Crippen LogP contribution is -2.12. The van der Waals surface area contributed by atoms with Crippen LogP contribution in [0.1, 0.15) is 19.0 Å². The third kappa shape index (κ3) is 3.90. The molecule has 0 aliphatic carbocycles. The topological polar surface area (TPSA) is 85.3 Å². The molecular weight excluding hydrogens is 220 g/mol. The van der Waals surface area contributed by atoms with E-state index in [-0.39, 0.29) is 6.61 Å². The van der Waals surface area contributed by atoms with Crippen LogP contribution in [0.15, 0.2) is 0 Å². The van der Waals surface area contributed by atoms with E-state index in [4.69, 9.17) is 15.6 Å². The number of anilines is 2. The average molecular weight is 242 g/mol. The smallest absolute Gasteiger partial charge is 0.148 e. The van der Waals surface area contributed by atoms with Crippen LogP contribution in [0.25, 0.3) is 0 Å². The lowest BCUT2D eigenvalue weighted by atomic mass is 10.3. The first kappa shape index (κ1) is 13.8. The second-order valence-electron chi connectivity index (χ2n) is 3.78. The monoisotopic (exact) mass is 242 g/mol. The lowest BCUT2D eigenvalue weighted by Gasteiger charge is -2.09. The number of nitrogens with two attached hydrogens (primary N) is 1. The number of aromatic nitrogens is 2. The lowest BCUT2D eigenvalue weighted by molar-refractivity contribution is 0.0921. The van der Waals surface area contributed by atoms with Crippen molar-refractivity contribution in [3.8, 4) is 0 Å². The van der Waals surface area contributed by atoms with E-state index in [1.165, 1.54) is 0 Å². The number of aliphatic hydroxyl groups excluding tert-OH is 1. The molecule has 1 heterocycles. The molecule has 0 saturated carbocycles. The molecular formula is C11H22N4O2. The van der Waals surface area contributed by atoms with Gasteiger partial charge in [0, 0.05) is 19.7 Å². The number of nitrogen functional groups attached to an aromatic ring is 1. The van der Waals surface area contributed by atoms with Gasteiger partial charge in [-0.25, -0.2) is 4.68 Å². The van der Waals surface area contributed by atoms with Crippen LogP contribution in [0.2, 0.25) is 0 Å². The van der Waals surface area contributed by atoms with Crippen LogP contribution in [-0.4, -0.2) is 41.3 Å². The Bertz CT molecular complexity index is 338. The molecule has 1 rings (SSSR count). The maximum absolute atomic E-state index is 8.54. The molecule has 0 aliphatic rings. The summed E-state index contributed by atoms with van der Waals surface area (Å²) in [7, 11) is 0. The summed E-state index contributed by atoms with van der Waals surface area (Å²) in [6.45, 7) is 6.60. The van der Waals surface area contributed by atoms with Crippen molar-refractivity contribution in [1.29, 1.82) is 0 Å². The van der Waals surface area contributed by atoms with Gasteiger partial charge >= 0.3 is 0 Å². The predicted molar refractivity (Wildman–Crippen MR) is 68.1 cm³/mol. The highest BCUT2D eigenvalue weighted by Crippen LogP contribution is 2.21. The van der Waals surface area contributed by atoms with E-state index in [1.54, 1.807) is 0 Å².